The molecular weight excluding hydrogens is 435 g/mol. The van der Waals surface area contributed by atoms with Crippen LogP contribution >= 0.6 is 0 Å². The van der Waals surface area contributed by atoms with Crippen LogP contribution in [0.3, 0.4) is 0 Å². The molecule has 176 valence electrons. The number of nitrogens with two attached hydrogens (primary N) is 1. The number of aromatic nitrogens is 3. The Morgan fingerprint density at radius 3 is 2.64 bits per heavy atom. The van der Waals surface area contributed by atoms with Crippen molar-refractivity contribution in [3.8, 4) is 17.3 Å². The Morgan fingerprint density at radius 1 is 1.30 bits per heavy atom. The topological polar surface area (TPSA) is 133 Å². The van der Waals surface area contributed by atoms with Gasteiger partial charge in [0.1, 0.15) is 11.3 Å². The molecule has 2 fully saturated rings. The maximum absolute atomic E-state index is 13.7. The molecule has 0 spiro atoms. The lowest BCUT2D eigenvalue weighted by atomic mass is 9.69. The fraction of sp³-hybridized carbons (Fsp3) is 0.545. The van der Waals surface area contributed by atoms with E-state index in [4.69, 9.17) is 5.73 Å². The number of alkyl halides is 3. The van der Waals surface area contributed by atoms with Crippen LogP contribution in [0.15, 0.2) is 18.5 Å². The molecule has 4 rings (SSSR count). The quantitative estimate of drug-likeness (QED) is 0.539. The van der Waals surface area contributed by atoms with Crippen molar-refractivity contribution in [3.63, 3.8) is 0 Å². The molecule has 3 heterocycles. The molecule has 1 aliphatic heterocycles. The number of rotatable bonds is 5. The van der Waals surface area contributed by atoms with Gasteiger partial charge in [0.15, 0.2) is 0 Å². The Bertz CT molecular complexity index is 1040. The van der Waals surface area contributed by atoms with E-state index in [1.807, 2.05) is 0 Å². The average molecular weight is 461 g/mol. The second-order valence-electron chi connectivity index (χ2n) is 8.86. The molecule has 5 N–H and O–H groups in total. The number of H-pyrrole nitrogens is 1. The Hall–Kier alpha value is -3.13. The molecule has 2 aliphatic rings. The molecule has 2 aromatic heterocycles. The summed E-state index contributed by atoms with van der Waals surface area (Å²) in [5.74, 6) is -0.372. The molecule has 0 bridgehead atoms. The summed E-state index contributed by atoms with van der Waals surface area (Å²) < 4.78 is 41.1. The predicted octanol–water partition coefficient (Wildman–Crippen LogP) is 3.45. The standard InChI is InChI=1S/C22H26F3N7O/c23-22(24,25)16-11-30-20(31-18(16)14-8-17(19(27)33)29-10-14)32-21(6-1-7-28-12-21)15-4-2-13(9-26)3-5-15/h8,10-11,13,15,28-29H,1-7,12H2,(H2,27,33)(H,30,31,32). The van der Waals surface area contributed by atoms with Crippen molar-refractivity contribution in [1.82, 2.24) is 20.3 Å². The third kappa shape index (κ3) is 4.80. The van der Waals surface area contributed by atoms with Gasteiger partial charge in [-0.15, -0.1) is 0 Å². The van der Waals surface area contributed by atoms with E-state index in [-0.39, 0.29) is 34.7 Å². The number of carbonyl (C=O) groups is 1. The first-order chi connectivity index (χ1) is 15.7. The smallest absolute Gasteiger partial charge is 0.364 e. The highest BCUT2D eigenvalue weighted by molar-refractivity contribution is 5.92. The Balaban J connectivity index is 1.68. The number of carbonyl (C=O) groups excluding carboxylic acids is 1. The number of halogens is 3. The van der Waals surface area contributed by atoms with Crippen molar-refractivity contribution in [2.45, 2.75) is 50.2 Å². The van der Waals surface area contributed by atoms with Gasteiger partial charge in [0.2, 0.25) is 5.95 Å². The third-order valence-electron chi connectivity index (χ3n) is 6.78. The number of nitrogens with zero attached hydrogens (tertiary/aromatic N) is 3. The Labute approximate surface area is 189 Å². The highest BCUT2D eigenvalue weighted by atomic mass is 19.4. The summed E-state index contributed by atoms with van der Waals surface area (Å²) in [6.45, 7) is 1.51. The van der Waals surface area contributed by atoms with Gasteiger partial charge in [0.25, 0.3) is 5.91 Å². The van der Waals surface area contributed by atoms with E-state index >= 15 is 0 Å². The zero-order valence-electron chi connectivity index (χ0n) is 18.0. The van der Waals surface area contributed by atoms with E-state index in [0.29, 0.717) is 6.54 Å². The zero-order chi connectivity index (χ0) is 23.6. The molecule has 0 aromatic carbocycles. The second-order valence-corrected chi connectivity index (χ2v) is 8.86. The molecule has 1 atom stereocenters. The molecule has 2 aromatic rings. The maximum Gasteiger partial charge on any atom is 0.419 e. The van der Waals surface area contributed by atoms with Crippen molar-refractivity contribution in [2.24, 2.45) is 17.6 Å². The van der Waals surface area contributed by atoms with Gasteiger partial charge in [0.05, 0.1) is 17.3 Å². The minimum atomic E-state index is -4.67. The van der Waals surface area contributed by atoms with Crippen LogP contribution in [0.4, 0.5) is 19.1 Å². The fourth-order valence-electron chi connectivity index (χ4n) is 5.03. The van der Waals surface area contributed by atoms with Crippen molar-refractivity contribution in [3.05, 3.63) is 29.7 Å². The number of hydrogen-bond donors (Lipinski definition) is 4. The number of piperidine rings is 1. The lowest BCUT2D eigenvalue weighted by Gasteiger charge is -2.46. The largest absolute Gasteiger partial charge is 0.419 e. The van der Waals surface area contributed by atoms with Gasteiger partial charge in [-0.3, -0.25) is 4.79 Å². The molecule has 1 amide bonds. The van der Waals surface area contributed by atoms with E-state index in [0.717, 1.165) is 51.3 Å². The summed E-state index contributed by atoms with van der Waals surface area (Å²) in [6, 6.07) is 3.60. The van der Waals surface area contributed by atoms with Gasteiger partial charge in [-0.25, -0.2) is 9.97 Å². The molecule has 1 saturated heterocycles. The molecular formula is C22H26F3N7O. The third-order valence-corrected chi connectivity index (χ3v) is 6.78. The van der Waals surface area contributed by atoms with E-state index in [1.165, 1.54) is 12.3 Å². The molecule has 1 saturated carbocycles. The van der Waals surface area contributed by atoms with Crippen molar-refractivity contribution in [1.29, 1.82) is 5.26 Å². The second kappa shape index (κ2) is 9.02. The van der Waals surface area contributed by atoms with Crippen LogP contribution in [0.1, 0.15) is 54.6 Å². The minimum Gasteiger partial charge on any atom is -0.364 e. The molecule has 11 heteroatoms. The summed E-state index contributed by atoms with van der Waals surface area (Å²) >= 11 is 0. The van der Waals surface area contributed by atoms with Crippen LogP contribution in [-0.4, -0.2) is 39.5 Å². The van der Waals surface area contributed by atoms with Crippen LogP contribution in [0.5, 0.6) is 0 Å². The number of hydrogen-bond acceptors (Lipinski definition) is 6. The number of nitriles is 1. The summed E-state index contributed by atoms with van der Waals surface area (Å²) in [7, 11) is 0. The van der Waals surface area contributed by atoms with Crippen molar-refractivity contribution in [2.75, 3.05) is 18.4 Å². The molecule has 33 heavy (non-hydrogen) atoms. The predicted molar refractivity (Wildman–Crippen MR) is 115 cm³/mol. The van der Waals surface area contributed by atoms with Gasteiger partial charge in [-0.2, -0.15) is 18.4 Å². The Morgan fingerprint density at radius 2 is 2.06 bits per heavy atom. The zero-order valence-corrected chi connectivity index (χ0v) is 18.0. The van der Waals surface area contributed by atoms with E-state index in [2.05, 4.69) is 31.7 Å². The first-order valence-corrected chi connectivity index (χ1v) is 11.0. The van der Waals surface area contributed by atoms with Crippen LogP contribution in [-0.2, 0) is 6.18 Å². The normalized spacial score (nSPS) is 25.9. The van der Waals surface area contributed by atoms with Crippen LogP contribution in [0, 0.1) is 23.2 Å². The highest BCUT2D eigenvalue weighted by Crippen LogP contribution is 2.41. The van der Waals surface area contributed by atoms with Crippen LogP contribution < -0.4 is 16.4 Å². The summed E-state index contributed by atoms with van der Waals surface area (Å²) in [4.78, 5) is 22.3. The van der Waals surface area contributed by atoms with E-state index < -0.39 is 23.2 Å². The average Bonchev–Trinajstić information content (AvgIpc) is 3.30. The number of amides is 1. The number of aromatic amines is 1. The van der Waals surface area contributed by atoms with Crippen molar-refractivity contribution < 1.29 is 18.0 Å². The molecule has 1 aliphatic carbocycles. The van der Waals surface area contributed by atoms with Crippen LogP contribution in [0.25, 0.3) is 11.3 Å². The summed E-state index contributed by atoms with van der Waals surface area (Å²) in [5.41, 5.74) is 3.61. The maximum atomic E-state index is 13.7. The van der Waals surface area contributed by atoms with E-state index in [9.17, 15) is 23.2 Å². The highest BCUT2D eigenvalue weighted by Gasteiger charge is 2.43. The van der Waals surface area contributed by atoms with Gasteiger partial charge in [-0.05, 0) is 57.1 Å². The minimum absolute atomic E-state index is 0.00607. The number of anilines is 1. The first-order valence-electron chi connectivity index (χ1n) is 11.0. The monoisotopic (exact) mass is 461 g/mol. The van der Waals surface area contributed by atoms with Crippen molar-refractivity contribution >= 4 is 11.9 Å². The SMILES string of the molecule is N#CC1CCC(C2(Nc3ncc(C(F)(F)F)c(-c4c[nH]c(C(N)=O)c4)n3)CCCNC2)CC1. The van der Waals surface area contributed by atoms with Crippen LogP contribution in [0.2, 0.25) is 0 Å². The van der Waals surface area contributed by atoms with Gasteiger partial charge in [0, 0.05) is 30.4 Å². The first kappa shape index (κ1) is 23.0. The Kier molecular flexibility index (Phi) is 6.30. The molecule has 8 nitrogen and oxygen atoms in total. The summed E-state index contributed by atoms with van der Waals surface area (Å²) in [5, 5.41) is 16.0. The fourth-order valence-corrected chi connectivity index (χ4v) is 5.03. The summed E-state index contributed by atoms with van der Waals surface area (Å²) in [6.07, 6.45) is 2.47. The number of nitrogens with one attached hydrogen (secondary N) is 3. The van der Waals surface area contributed by atoms with Gasteiger partial charge >= 0.3 is 6.18 Å². The van der Waals surface area contributed by atoms with Gasteiger partial charge in [-0.1, -0.05) is 0 Å². The van der Waals surface area contributed by atoms with Gasteiger partial charge < -0.3 is 21.4 Å². The van der Waals surface area contributed by atoms with E-state index in [1.54, 1.807) is 0 Å². The molecule has 0 radical (unpaired) electrons. The molecule has 1 unspecified atom stereocenters. The number of primary amides is 1. The lowest BCUT2D eigenvalue weighted by Crippen LogP contribution is -2.57. The lowest BCUT2D eigenvalue weighted by molar-refractivity contribution is -0.137.